The maximum Gasteiger partial charge on any atom is 0.255 e. The van der Waals surface area contributed by atoms with E-state index in [0.717, 1.165) is 19.5 Å². The minimum absolute atomic E-state index is 0.0891. The van der Waals surface area contributed by atoms with Crippen molar-refractivity contribution < 1.29 is 9.18 Å². The van der Waals surface area contributed by atoms with Crippen LogP contribution in [0.25, 0.3) is 0 Å². The average Bonchev–Trinajstić information content (AvgIpc) is 3.11. The predicted molar refractivity (Wildman–Crippen MR) is 70.3 cm³/mol. The molecule has 0 N–H and O–H groups in total. The summed E-state index contributed by atoms with van der Waals surface area (Å²) in [6.45, 7) is 3.56. The Balaban J connectivity index is 2.15. The van der Waals surface area contributed by atoms with Crippen molar-refractivity contribution in [3.63, 3.8) is 0 Å². The molecule has 0 unspecified atom stereocenters. The fraction of sp³-hybridized carbons (Fsp3) is 0.500. The lowest BCUT2D eigenvalue weighted by molar-refractivity contribution is 0.0748. The smallest absolute Gasteiger partial charge is 0.255 e. The Kier molecular flexibility index (Phi) is 4.23. The van der Waals surface area contributed by atoms with Gasteiger partial charge in [-0.25, -0.2) is 4.39 Å². The molecule has 98 valence electrons. The van der Waals surface area contributed by atoms with Gasteiger partial charge in [0.05, 0.1) is 10.6 Å². The second-order valence-electron chi connectivity index (χ2n) is 4.82. The van der Waals surface area contributed by atoms with Gasteiger partial charge < -0.3 is 4.90 Å². The molecule has 1 amide bonds. The number of halogens is 2. The zero-order valence-corrected chi connectivity index (χ0v) is 11.2. The third-order valence-corrected chi connectivity index (χ3v) is 3.43. The maximum absolute atomic E-state index is 13.0. The highest BCUT2D eigenvalue weighted by Crippen LogP contribution is 2.30. The Morgan fingerprint density at radius 2 is 2.22 bits per heavy atom. The van der Waals surface area contributed by atoms with Crippen molar-refractivity contribution in [1.29, 1.82) is 0 Å². The van der Waals surface area contributed by atoms with Crippen LogP contribution in [0.5, 0.6) is 0 Å². The number of carbonyl (C=O) groups is 1. The van der Waals surface area contributed by atoms with Crippen molar-refractivity contribution in [3.8, 4) is 0 Å². The van der Waals surface area contributed by atoms with E-state index in [9.17, 15) is 9.18 Å². The quantitative estimate of drug-likeness (QED) is 0.797. The van der Waals surface area contributed by atoms with E-state index in [-0.39, 0.29) is 10.9 Å². The summed E-state index contributed by atoms with van der Waals surface area (Å²) >= 11 is 5.93. The van der Waals surface area contributed by atoms with Crippen LogP contribution in [0.4, 0.5) is 4.39 Å². The first-order chi connectivity index (χ1) is 8.61. The van der Waals surface area contributed by atoms with Crippen molar-refractivity contribution in [2.45, 2.75) is 26.2 Å². The Labute approximate surface area is 112 Å². The van der Waals surface area contributed by atoms with Gasteiger partial charge in [0, 0.05) is 13.1 Å². The van der Waals surface area contributed by atoms with Crippen LogP contribution in [0.1, 0.15) is 36.5 Å². The summed E-state index contributed by atoms with van der Waals surface area (Å²) in [6.07, 6.45) is 3.31. The van der Waals surface area contributed by atoms with Gasteiger partial charge >= 0.3 is 0 Å². The van der Waals surface area contributed by atoms with E-state index in [1.54, 1.807) is 0 Å². The van der Waals surface area contributed by atoms with Crippen LogP contribution in [0.2, 0.25) is 5.02 Å². The topological polar surface area (TPSA) is 20.3 Å². The molecular weight excluding hydrogens is 253 g/mol. The number of hydrogen-bond acceptors (Lipinski definition) is 1. The van der Waals surface area contributed by atoms with E-state index >= 15 is 0 Å². The number of amides is 1. The Morgan fingerprint density at radius 3 is 2.78 bits per heavy atom. The van der Waals surface area contributed by atoms with Gasteiger partial charge in [-0.15, -0.1) is 0 Å². The molecule has 0 spiro atoms. The molecule has 0 aliphatic heterocycles. The van der Waals surface area contributed by atoms with Gasteiger partial charge in [-0.3, -0.25) is 4.79 Å². The Hall–Kier alpha value is -1.09. The Morgan fingerprint density at radius 1 is 1.50 bits per heavy atom. The number of hydrogen-bond donors (Lipinski definition) is 0. The third kappa shape index (κ3) is 3.22. The molecule has 1 aromatic carbocycles. The summed E-state index contributed by atoms with van der Waals surface area (Å²) in [4.78, 5) is 14.2. The molecule has 1 aliphatic carbocycles. The molecule has 0 radical (unpaired) electrons. The summed E-state index contributed by atoms with van der Waals surface area (Å²) in [5.41, 5.74) is 0.396. The molecular formula is C14H17ClFNO. The minimum Gasteiger partial charge on any atom is -0.338 e. The van der Waals surface area contributed by atoms with Crippen LogP contribution in [0.15, 0.2) is 18.2 Å². The second kappa shape index (κ2) is 5.70. The van der Waals surface area contributed by atoms with Gasteiger partial charge in [0.1, 0.15) is 5.82 Å². The number of benzene rings is 1. The molecule has 0 heterocycles. The summed E-state index contributed by atoms with van der Waals surface area (Å²) in [5.74, 6) is 0.134. The van der Waals surface area contributed by atoms with E-state index in [0.29, 0.717) is 11.5 Å². The predicted octanol–water partition coefficient (Wildman–Crippen LogP) is 3.74. The maximum atomic E-state index is 13.0. The number of nitrogens with zero attached hydrogens (tertiary/aromatic N) is 1. The van der Waals surface area contributed by atoms with Crippen molar-refractivity contribution in [2.24, 2.45) is 5.92 Å². The van der Waals surface area contributed by atoms with Crippen molar-refractivity contribution in [2.75, 3.05) is 13.1 Å². The van der Waals surface area contributed by atoms with Crippen LogP contribution in [-0.2, 0) is 0 Å². The standard InChI is InChI=1S/C14H17ClFNO/c1-2-7-17(9-10-3-4-10)14(18)12-6-5-11(16)8-13(12)15/h5-6,8,10H,2-4,7,9H2,1H3. The summed E-state index contributed by atoms with van der Waals surface area (Å²) in [6, 6.07) is 3.94. The summed E-state index contributed by atoms with van der Waals surface area (Å²) in [5, 5.41) is 0.192. The third-order valence-electron chi connectivity index (χ3n) is 3.12. The van der Waals surface area contributed by atoms with Crippen molar-refractivity contribution >= 4 is 17.5 Å². The number of rotatable bonds is 5. The van der Waals surface area contributed by atoms with Gasteiger partial charge in [-0.05, 0) is 43.4 Å². The molecule has 0 atom stereocenters. The lowest BCUT2D eigenvalue weighted by atomic mass is 10.1. The molecule has 2 rings (SSSR count). The molecule has 2 nitrogen and oxygen atoms in total. The van der Waals surface area contributed by atoms with Crippen molar-refractivity contribution in [1.82, 2.24) is 4.90 Å². The SMILES string of the molecule is CCCN(CC1CC1)C(=O)c1ccc(F)cc1Cl. The zero-order chi connectivity index (χ0) is 13.1. The fourth-order valence-electron chi connectivity index (χ4n) is 1.99. The van der Waals surface area contributed by atoms with Gasteiger partial charge in [0.15, 0.2) is 0 Å². The highest BCUT2D eigenvalue weighted by atomic mass is 35.5. The molecule has 4 heteroatoms. The van der Waals surface area contributed by atoms with Crippen LogP contribution in [0, 0.1) is 11.7 Å². The van der Waals surface area contributed by atoms with Crippen LogP contribution >= 0.6 is 11.6 Å². The summed E-state index contributed by atoms with van der Waals surface area (Å²) < 4.78 is 13.0. The molecule has 18 heavy (non-hydrogen) atoms. The first kappa shape index (κ1) is 13.3. The molecule has 0 aromatic heterocycles. The second-order valence-corrected chi connectivity index (χ2v) is 5.23. The van der Waals surface area contributed by atoms with E-state index in [1.807, 2.05) is 11.8 Å². The summed E-state index contributed by atoms with van der Waals surface area (Å²) in [7, 11) is 0. The van der Waals surface area contributed by atoms with E-state index in [2.05, 4.69) is 0 Å². The zero-order valence-electron chi connectivity index (χ0n) is 10.5. The number of carbonyl (C=O) groups excluding carboxylic acids is 1. The largest absolute Gasteiger partial charge is 0.338 e. The molecule has 0 bridgehead atoms. The van der Waals surface area contributed by atoms with E-state index in [1.165, 1.54) is 31.0 Å². The monoisotopic (exact) mass is 269 g/mol. The highest BCUT2D eigenvalue weighted by molar-refractivity contribution is 6.33. The molecule has 1 fully saturated rings. The molecule has 0 saturated heterocycles. The van der Waals surface area contributed by atoms with Gasteiger partial charge in [-0.2, -0.15) is 0 Å². The molecule has 1 saturated carbocycles. The van der Waals surface area contributed by atoms with Gasteiger partial charge in [0.2, 0.25) is 0 Å². The van der Waals surface area contributed by atoms with Gasteiger partial charge in [-0.1, -0.05) is 18.5 Å². The fourth-order valence-corrected chi connectivity index (χ4v) is 2.24. The normalized spacial score (nSPS) is 14.6. The molecule has 1 aliphatic rings. The average molecular weight is 270 g/mol. The first-order valence-electron chi connectivity index (χ1n) is 6.36. The first-order valence-corrected chi connectivity index (χ1v) is 6.74. The Bertz CT molecular complexity index is 445. The lowest BCUT2D eigenvalue weighted by Gasteiger charge is -2.22. The van der Waals surface area contributed by atoms with Crippen LogP contribution < -0.4 is 0 Å². The molecule has 1 aromatic rings. The highest BCUT2D eigenvalue weighted by Gasteiger charge is 2.27. The van der Waals surface area contributed by atoms with E-state index in [4.69, 9.17) is 11.6 Å². The van der Waals surface area contributed by atoms with Crippen LogP contribution in [-0.4, -0.2) is 23.9 Å². The lowest BCUT2D eigenvalue weighted by Crippen LogP contribution is -2.33. The minimum atomic E-state index is -0.416. The van der Waals surface area contributed by atoms with Crippen LogP contribution in [0.3, 0.4) is 0 Å². The van der Waals surface area contributed by atoms with Gasteiger partial charge in [0.25, 0.3) is 5.91 Å². The van der Waals surface area contributed by atoms with Crippen molar-refractivity contribution in [3.05, 3.63) is 34.6 Å². The van der Waals surface area contributed by atoms with E-state index < -0.39 is 5.82 Å².